The van der Waals surface area contributed by atoms with Crippen LogP contribution in [0.25, 0.3) is 0 Å². The van der Waals surface area contributed by atoms with Gasteiger partial charge in [0.15, 0.2) is 0 Å². The third kappa shape index (κ3) is 4.30. The average molecular weight is 348 g/mol. The van der Waals surface area contributed by atoms with Gasteiger partial charge in [-0.15, -0.1) is 0 Å². The van der Waals surface area contributed by atoms with Crippen molar-refractivity contribution in [3.63, 3.8) is 0 Å². The van der Waals surface area contributed by atoms with Gasteiger partial charge in [-0.1, -0.05) is 6.42 Å². The molecule has 2 aliphatic carbocycles. The second kappa shape index (κ2) is 6.65. The van der Waals surface area contributed by atoms with Crippen molar-refractivity contribution >= 4 is 23.4 Å². The zero-order valence-electron chi connectivity index (χ0n) is 14.9. The summed E-state index contributed by atoms with van der Waals surface area (Å²) in [6.07, 6.45) is 3.68. The number of rotatable bonds is 3. The Hall–Kier alpha value is -2.11. The highest BCUT2D eigenvalue weighted by molar-refractivity contribution is 5.99. The van der Waals surface area contributed by atoms with Gasteiger partial charge in [0.05, 0.1) is 11.4 Å². The molecule has 2 N–H and O–H groups in total. The van der Waals surface area contributed by atoms with Crippen LogP contribution in [-0.4, -0.2) is 17.6 Å². The fraction of sp³-hybridized carbons (Fsp3) is 0.579. The van der Waals surface area contributed by atoms with E-state index < -0.39 is 17.5 Å². The predicted octanol–water partition coefficient (Wildman–Crippen LogP) is 4.55. The van der Waals surface area contributed by atoms with Crippen molar-refractivity contribution in [3.05, 3.63) is 24.0 Å². The monoisotopic (exact) mass is 348 g/mol. The van der Waals surface area contributed by atoms with E-state index in [-0.39, 0.29) is 17.5 Å². The normalized spacial score (nSPS) is 24.9. The molecule has 0 saturated heterocycles. The van der Waals surface area contributed by atoms with E-state index in [9.17, 15) is 14.0 Å². The second-order valence-electron chi connectivity index (χ2n) is 8.09. The van der Waals surface area contributed by atoms with Gasteiger partial charge in [0.2, 0.25) is 5.91 Å². The predicted molar refractivity (Wildman–Crippen MR) is 93.8 cm³/mol. The molecule has 2 saturated carbocycles. The molecule has 2 aliphatic rings. The summed E-state index contributed by atoms with van der Waals surface area (Å²) in [6, 6.07) is 3.88. The lowest BCUT2D eigenvalue weighted by Crippen LogP contribution is -2.29. The number of nitrogens with one attached hydrogen (secondary N) is 2. The first-order valence-electron chi connectivity index (χ1n) is 8.82. The highest BCUT2D eigenvalue weighted by Gasteiger charge is 2.43. The summed E-state index contributed by atoms with van der Waals surface area (Å²) in [5.41, 5.74) is -0.0536. The molecule has 1 aromatic carbocycles. The minimum atomic E-state index is -0.644. The average Bonchev–Trinajstić information content (AvgIpc) is 3.11. The molecule has 1 aromatic rings. The van der Waals surface area contributed by atoms with Crippen LogP contribution in [-0.2, 0) is 9.53 Å². The number of fused-ring (bicyclic) bond motifs is 2. The van der Waals surface area contributed by atoms with Crippen LogP contribution in [0.1, 0.15) is 46.5 Å². The fourth-order valence-electron chi connectivity index (χ4n) is 3.93. The lowest BCUT2D eigenvalue weighted by Gasteiger charge is -2.23. The van der Waals surface area contributed by atoms with Crippen LogP contribution >= 0.6 is 0 Å². The SMILES string of the molecule is CC(C)(C)OC(=O)Nc1ccc(F)cc1NC(=O)C1CC2CCC1C2. The Kier molecular flexibility index (Phi) is 4.71. The minimum absolute atomic E-state index is 0.0172. The van der Waals surface area contributed by atoms with Gasteiger partial charge in [-0.25, -0.2) is 9.18 Å². The van der Waals surface area contributed by atoms with E-state index in [4.69, 9.17) is 4.74 Å². The summed E-state index contributed by atoms with van der Waals surface area (Å²) in [7, 11) is 0. The van der Waals surface area contributed by atoms with E-state index in [1.807, 2.05) is 0 Å². The number of carbonyl (C=O) groups excluding carboxylic acids is 2. The van der Waals surface area contributed by atoms with Gasteiger partial charge in [0, 0.05) is 5.92 Å². The molecule has 3 unspecified atom stereocenters. The maximum Gasteiger partial charge on any atom is 0.412 e. The Morgan fingerprint density at radius 1 is 1.12 bits per heavy atom. The van der Waals surface area contributed by atoms with Crippen molar-refractivity contribution in [2.75, 3.05) is 10.6 Å². The van der Waals surface area contributed by atoms with Gasteiger partial charge in [0.1, 0.15) is 11.4 Å². The van der Waals surface area contributed by atoms with E-state index in [0.29, 0.717) is 17.5 Å². The first-order chi connectivity index (χ1) is 11.7. The van der Waals surface area contributed by atoms with Crippen molar-refractivity contribution in [2.24, 2.45) is 17.8 Å². The van der Waals surface area contributed by atoms with E-state index in [1.54, 1.807) is 20.8 Å². The minimum Gasteiger partial charge on any atom is -0.444 e. The van der Waals surface area contributed by atoms with Crippen LogP contribution in [0.5, 0.6) is 0 Å². The van der Waals surface area contributed by atoms with Gasteiger partial charge in [-0.05, 0) is 70.1 Å². The van der Waals surface area contributed by atoms with E-state index in [1.165, 1.54) is 24.6 Å². The molecule has 3 atom stereocenters. The van der Waals surface area contributed by atoms with Crippen LogP contribution in [0.4, 0.5) is 20.6 Å². The standard InChI is InChI=1S/C19H25FN2O3/c1-19(2,3)25-18(24)22-15-7-6-13(20)10-16(15)21-17(23)14-9-11-4-5-12(14)8-11/h6-7,10-12,14H,4-5,8-9H2,1-3H3,(H,21,23)(H,22,24). The van der Waals surface area contributed by atoms with Crippen LogP contribution in [0, 0.1) is 23.6 Å². The van der Waals surface area contributed by atoms with Crippen molar-refractivity contribution in [2.45, 2.75) is 52.1 Å². The summed E-state index contributed by atoms with van der Waals surface area (Å²) >= 11 is 0. The molecule has 25 heavy (non-hydrogen) atoms. The lowest BCUT2D eigenvalue weighted by molar-refractivity contribution is -0.121. The van der Waals surface area contributed by atoms with Crippen LogP contribution < -0.4 is 10.6 Å². The third-order valence-corrected chi connectivity index (χ3v) is 4.95. The molecule has 136 valence electrons. The number of benzene rings is 1. The summed E-state index contributed by atoms with van der Waals surface area (Å²) in [5, 5.41) is 5.38. The highest BCUT2D eigenvalue weighted by Crippen LogP contribution is 2.48. The van der Waals surface area contributed by atoms with Crippen molar-refractivity contribution in [3.8, 4) is 0 Å². The number of carbonyl (C=O) groups is 2. The molecular formula is C19H25FN2O3. The number of hydrogen-bond acceptors (Lipinski definition) is 3. The Bertz CT molecular complexity index is 684. The number of anilines is 2. The molecule has 0 radical (unpaired) electrons. The van der Waals surface area contributed by atoms with Crippen molar-refractivity contribution in [1.29, 1.82) is 0 Å². The molecular weight excluding hydrogens is 323 g/mol. The number of amides is 2. The van der Waals surface area contributed by atoms with Gasteiger partial charge in [0.25, 0.3) is 0 Å². The maximum absolute atomic E-state index is 13.6. The van der Waals surface area contributed by atoms with E-state index >= 15 is 0 Å². The van der Waals surface area contributed by atoms with Gasteiger partial charge in [-0.2, -0.15) is 0 Å². The van der Waals surface area contributed by atoms with Crippen LogP contribution in [0.2, 0.25) is 0 Å². The maximum atomic E-state index is 13.6. The lowest BCUT2D eigenvalue weighted by atomic mass is 9.88. The molecule has 0 heterocycles. The topological polar surface area (TPSA) is 67.4 Å². The quantitative estimate of drug-likeness (QED) is 0.842. The van der Waals surface area contributed by atoms with Crippen molar-refractivity contribution < 1.29 is 18.7 Å². The summed E-state index contributed by atoms with van der Waals surface area (Å²) in [6.45, 7) is 5.28. The molecule has 2 amide bonds. The second-order valence-corrected chi connectivity index (χ2v) is 8.09. The Labute approximate surface area is 147 Å². The summed E-state index contributed by atoms with van der Waals surface area (Å²) in [5.74, 6) is 0.493. The van der Waals surface area contributed by atoms with Crippen LogP contribution in [0.3, 0.4) is 0 Å². The first-order valence-corrected chi connectivity index (χ1v) is 8.82. The third-order valence-electron chi connectivity index (χ3n) is 4.95. The highest BCUT2D eigenvalue weighted by atomic mass is 19.1. The number of ether oxygens (including phenoxy) is 1. The van der Waals surface area contributed by atoms with Crippen molar-refractivity contribution in [1.82, 2.24) is 0 Å². The zero-order chi connectivity index (χ0) is 18.2. The number of hydrogen-bond donors (Lipinski definition) is 2. The summed E-state index contributed by atoms with van der Waals surface area (Å²) in [4.78, 5) is 24.6. The molecule has 6 heteroatoms. The molecule has 0 aliphatic heterocycles. The smallest absolute Gasteiger partial charge is 0.412 e. The van der Waals surface area contributed by atoms with E-state index in [0.717, 1.165) is 19.3 Å². The Balaban J connectivity index is 1.71. The number of halogens is 1. The first kappa shape index (κ1) is 17.7. The van der Waals surface area contributed by atoms with Gasteiger partial charge >= 0.3 is 6.09 Å². The molecule has 2 bridgehead atoms. The molecule has 3 rings (SSSR count). The summed E-state index contributed by atoms with van der Waals surface area (Å²) < 4.78 is 18.9. The largest absolute Gasteiger partial charge is 0.444 e. The van der Waals surface area contributed by atoms with Crippen LogP contribution in [0.15, 0.2) is 18.2 Å². The molecule has 0 aromatic heterocycles. The van der Waals surface area contributed by atoms with Gasteiger partial charge in [-0.3, -0.25) is 10.1 Å². The van der Waals surface area contributed by atoms with E-state index in [2.05, 4.69) is 10.6 Å². The molecule has 5 nitrogen and oxygen atoms in total. The molecule has 0 spiro atoms. The zero-order valence-corrected chi connectivity index (χ0v) is 14.9. The van der Waals surface area contributed by atoms with Gasteiger partial charge < -0.3 is 10.1 Å². The molecule has 2 fully saturated rings. The fourth-order valence-corrected chi connectivity index (χ4v) is 3.93. The Morgan fingerprint density at radius 3 is 2.48 bits per heavy atom. The Morgan fingerprint density at radius 2 is 1.88 bits per heavy atom.